The fourth-order valence-electron chi connectivity index (χ4n) is 0.908. The van der Waals surface area contributed by atoms with Crippen molar-refractivity contribution in [1.29, 1.82) is 0 Å². The first-order valence-electron chi connectivity index (χ1n) is 4.05. The molecule has 0 radical (unpaired) electrons. The largest absolute Gasteiger partial charge is 0.480 e. The standard InChI is InChI=1S/C8H17NO2/c1-4-5-9-7(6(2)3)8(10)11/h6-7,9H,4-5H2,1-3H3,(H,10,11)/t7-/m1/s1. The fourth-order valence-corrected chi connectivity index (χ4v) is 0.908. The smallest absolute Gasteiger partial charge is 0.320 e. The molecule has 0 aliphatic heterocycles. The van der Waals surface area contributed by atoms with E-state index in [0.29, 0.717) is 0 Å². The summed E-state index contributed by atoms with van der Waals surface area (Å²) >= 11 is 0. The Labute approximate surface area is 67.8 Å². The topological polar surface area (TPSA) is 49.3 Å². The van der Waals surface area contributed by atoms with Gasteiger partial charge >= 0.3 is 5.97 Å². The van der Waals surface area contributed by atoms with Gasteiger partial charge in [-0.15, -0.1) is 0 Å². The summed E-state index contributed by atoms with van der Waals surface area (Å²) in [5, 5.41) is 11.7. The molecule has 0 saturated carbocycles. The molecule has 0 rings (SSSR count). The minimum Gasteiger partial charge on any atom is -0.480 e. The Hall–Kier alpha value is -0.570. The molecule has 0 aliphatic rings. The van der Waals surface area contributed by atoms with Gasteiger partial charge in [0.15, 0.2) is 0 Å². The van der Waals surface area contributed by atoms with E-state index in [1.54, 1.807) is 0 Å². The molecule has 0 amide bonds. The molecule has 0 fully saturated rings. The van der Waals surface area contributed by atoms with Crippen molar-refractivity contribution in [3.05, 3.63) is 0 Å². The van der Waals surface area contributed by atoms with Gasteiger partial charge in [0.1, 0.15) is 6.04 Å². The maximum absolute atomic E-state index is 10.6. The monoisotopic (exact) mass is 159 g/mol. The van der Waals surface area contributed by atoms with E-state index >= 15 is 0 Å². The lowest BCUT2D eigenvalue weighted by Gasteiger charge is -2.16. The normalized spacial score (nSPS) is 13.5. The van der Waals surface area contributed by atoms with Crippen LogP contribution in [-0.2, 0) is 4.79 Å². The maximum atomic E-state index is 10.6. The summed E-state index contributed by atoms with van der Waals surface area (Å²) in [6.07, 6.45) is 0.969. The molecule has 11 heavy (non-hydrogen) atoms. The third kappa shape index (κ3) is 3.98. The predicted molar refractivity (Wildman–Crippen MR) is 44.6 cm³/mol. The van der Waals surface area contributed by atoms with Crippen LogP contribution in [0.5, 0.6) is 0 Å². The van der Waals surface area contributed by atoms with Crippen molar-refractivity contribution >= 4 is 5.97 Å². The van der Waals surface area contributed by atoms with Crippen LogP contribution < -0.4 is 5.32 Å². The van der Waals surface area contributed by atoms with Gasteiger partial charge in [0.25, 0.3) is 0 Å². The number of carboxylic acid groups (broad SMARTS) is 1. The zero-order valence-corrected chi connectivity index (χ0v) is 7.42. The summed E-state index contributed by atoms with van der Waals surface area (Å²) in [5.74, 6) is -0.604. The average molecular weight is 159 g/mol. The first kappa shape index (κ1) is 10.4. The Morgan fingerprint density at radius 1 is 1.55 bits per heavy atom. The van der Waals surface area contributed by atoms with Crippen LogP contribution in [0.3, 0.4) is 0 Å². The van der Waals surface area contributed by atoms with Crippen LogP contribution in [0.25, 0.3) is 0 Å². The molecule has 3 heteroatoms. The lowest BCUT2D eigenvalue weighted by Crippen LogP contribution is -2.41. The number of carbonyl (C=O) groups is 1. The number of hydrogen-bond donors (Lipinski definition) is 2. The molecule has 2 N–H and O–H groups in total. The number of nitrogens with one attached hydrogen (secondary N) is 1. The summed E-state index contributed by atoms with van der Waals surface area (Å²) in [6.45, 7) is 6.60. The van der Waals surface area contributed by atoms with E-state index in [4.69, 9.17) is 5.11 Å². The van der Waals surface area contributed by atoms with Gasteiger partial charge < -0.3 is 10.4 Å². The molecule has 0 saturated heterocycles. The minimum absolute atomic E-state index is 0.152. The second-order valence-electron chi connectivity index (χ2n) is 3.01. The van der Waals surface area contributed by atoms with Crippen molar-refractivity contribution in [2.75, 3.05) is 6.54 Å². The second-order valence-corrected chi connectivity index (χ2v) is 3.01. The Morgan fingerprint density at radius 3 is 2.36 bits per heavy atom. The molecule has 0 unspecified atom stereocenters. The van der Waals surface area contributed by atoms with Crippen LogP contribution in [-0.4, -0.2) is 23.7 Å². The third-order valence-electron chi connectivity index (χ3n) is 1.55. The molecule has 0 heterocycles. The van der Waals surface area contributed by atoms with Crippen molar-refractivity contribution in [1.82, 2.24) is 5.32 Å². The molecular weight excluding hydrogens is 142 g/mol. The Balaban J connectivity index is 3.80. The predicted octanol–water partition coefficient (Wildman–Crippen LogP) is 1.10. The van der Waals surface area contributed by atoms with Gasteiger partial charge in [-0.2, -0.15) is 0 Å². The van der Waals surface area contributed by atoms with Crippen molar-refractivity contribution in [3.8, 4) is 0 Å². The fraction of sp³-hybridized carbons (Fsp3) is 0.875. The zero-order chi connectivity index (χ0) is 8.85. The first-order valence-corrected chi connectivity index (χ1v) is 4.05. The Kier molecular flexibility index (Phi) is 4.86. The van der Waals surface area contributed by atoms with Gasteiger partial charge in [0.2, 0.25) is 0 Å². The third-order valence-corrected chi connectivity index (χ3v) is 1.55. The molecule has 0 aromatic heterocycles. The van der Waals surface area contributed by atoms with Crippen molar-refractivity contribution in [2.45, 2.75) is 33.2 Å². The van der Waals surface area contributed by atoms with Crippen LogP contribution in [0.15, 0.2) is 0 Å². The van der Waals surface area contributed by atoms with E-state index in [1.165, 1.54) is 0 Å². The van der Waals surface area contributed by atoms with Gasteiger partial charge in [-0.1, -0.05) is 20.8 Å². The Bertz CT molecular complexity index is 123. The highest BCUT2D eigenvalue weighted by Crippen LogP contribution is 2.00. The summed E-state index contributed by atoms with van der Waals surface area (Å²) in [7, 11) is 0. The molecular formula is C8H17NO2. The highest BCUT2D eigenvalue weighted by atomic mass is 16.4. The number of aliphatic carboxylic acids is 1. The van der Waals surface area contributed by atoms with E-state index < -0.39 is 12.0 Å². The number of hydrogen-bond acceptors (Lipinski definition) is 2. The van der Waals surface area contributed by atoms with Crippen molar-refractivity contribution in [3.63, 3.8) is 0 Å². The van der Waals surface area contributed by atoms with E-state index in [1.807, 2.05) is 20.8 Å². The molecule has 3 nitrogen and oxygen atoms in total. The summed E-state index contributed by atoms with van der Waals surface area (Å²) < 4.78 is 0. The summed E-state index contributed by atoms with van der Waals surface area (Å²) in [4.78, 5) is 10.6. The van der Waals surface area contributed by atoms with Crippen molar-refractivity contribution in [2.24, 2.45) is 5.92 Å². The van der Waals surface area contributed by atoms with E-state index in [9.17, 15) is 4.79 Å². The first-order chi connectivity index (χ1) is 5.09. The molecule has 0 aromatic rings. The molecule has 1 atom stereocenters. The maximum Gasteiger partial charge on any atom is 0.320 e. The molecule has 0 spiro atoms. The van der Waals surface area contributed by atoms with Gasteiger partial charge in [0, 0.05) is 0 Å². The number of rotatable bonds is 5. The van der Waals surface area contributed by atoms with E-state index in [2.05, 4.69) is 5.32 Å². The number of carboxylic acids is 1. The lowest BCUT2D eigenvalue weighted by molar-refractivity contribution is -0.140. The highest BCUT2D eigenvalue weighted by Gasteiger charge is 2.19. The lowest BCUT2D eigenvalue weighted by atomic mass is 10.1. The quantitative estimate of drug-likeness (QED) is 0.631. The van der Waals surface area contributed by atoms with Gasteiger partial charge in [-0.25, -0.2) is 0 Å². The van der Waals surface area contributed by atoms with E-state index in [-0.39, 0.29) is 5.92 Å². The van der Waals surface area contributed by atoms with Crippen LogP contribution in [0.4, 0.5) is 0 Å². The van der Waals surface area contributed by atoms with E-state index in [0.717, 1.165) is 13.0 Å². The Morgan fingerprint density at radius 2 is 2.09 bits per heavy atom. The molecule has 66 valence electrons. The van der Waals surface area contributed by atoms with Gasteiger partial charge in [-0.05, 0) is 18.9 Å². The van der Waals surface area contributed by atoms with Crippen LogP contribution in [0.2, 0.25) is 0 Å². The van der Waals surface area contributed by atoms with Crippen LogP contribution >= 0.6 is 0 Å². The summed E-state index contributed by atoms with van der Waals surface area (Å²) in [6, 6.07) is -0.394. The van der Waals surface area contributed by atoms with Crippen LogP contribution in [0, 0.1) is 5.92 Å². The molecule has 0 aromatic carbocycles. The second kappa shape index (κ2) is 5.13. The average Bonchev–Trinajstić information content (AvgIpc) is 1.87. The molecule has 0 aliphatic carbocycles. The zero-order valence-electron chi connectivity index (χ0n) is 7.42. The van der Waals surface area contributed by atoms with Crippen LogP contribution in [0.1, 0.15) is 27.2 Å². The minimum atomic E-state index is -0.756. The van der Waals surface area contributed by atoms with Crippen molar-refractivity contribution < 1.29 is 9.90 Å². The highest BCUT2D eigenvalue weighted by molar-refractivity contribution is 5.73. The molecule has 0 bridgehead atoms. The van der Waals surface area contributed by atoms with Gasteiger partial charge in [0.05, 0.1) is 0 Å². The van der Waals surface area contributed by atoms with Gasteiger partial charge in [-0.3, -0.25) is 4.79 Å². The summed E-state index contributed by atoms with van der Waals surface area (Å²) in [5.41, 5.74) is 0. The SMILES string of the molecule is CCCN[C@@H](C(=O)O)C(C)C.